The number of nitrogens with zero attached hydrogens (tertiary/aromatic N) is 3. The van der Waals surface area contributed by atoms with Gasteiger partial charge in [0.1, 0.15) is 0 Å². The zero-order chi connectivity index (χ0) is 18.0. The minimum absolute atomic E-state index is 0.785. The van der Waals surface area contributed by atoms with Crippen LogP contribution in [0.25, 0.3) is 0 Å². The van der Waals surface area contributed by atoms with Crippen LogP contribution in [-0.2, 0) is 0 Å². The molecule has 1 rings (SSSR count). The second kappa shape index (κ2) is 17.5. The van der Waals surface area contributed by atoms with Crippen LogP contribution < -0.4 is 22.9 Å². The second-order valence-corrected chi connectivity index (χ2v) is 6.56. The molecule has 8 N–H and O–H groups in total. The molecule has 0 aromatic rings. The van der Waals surface area contributed by atoms with E-state index in [-0.39, 0.29) is 0 Å². The molecule has 0 amide bonds. The third-order valence-electron chi connectivity index (χ3n) is 4.31. The first-order valence-electron chi connectivity index (χ1n) is 9.61. The number of nitrogens with two attached hydrogens (primary N) is 4. The van der Waals surface area contributed by atoms with Crippen molar-refractivity contribution in [3.8, 4) is 0 Å². The summed E-state index contributed by atoms with van der Waals surface area (Å²) in [6, 6.07) is 0. The van der Waals surface area contributed by atoms with Gasteiger partial charge in [-0.1, -0.05) is 0 Å². The fraction of sp³-hybridized carbons (Fsp3) is 1.00. The molecule has 146 valence electrons. The number of piperazine rings is 1. The number of hydrogen-bond acceptors (Lipinski definition) is 7. The van der Waals surface area contributed by atoms with Crippen LogP contribution in [0.3, 0.4) is 0 Å². The molecule has 0 spiro atoms. The summed E-state index contributed by atoms with van der Waals surface area (Å²) in [6.07, 6.45) is 4.42. The normalized spacial score (nSPS) is 16.2. The summed E-state index contributed by atoms with van der Waals surface area (Å²) >= 11 is 0. The molecule has 24 heavy (non-hydrogen) atoms. The monoisotopic (exact) mass is 345 g/mol. The van der Waals surface area contributed by atoms with Gasteiger partial charge in [0.2, 0.25) is 0 Å². The summed E-state index contributed by atoms with van der Waals surface area (Å²) in [4.78, 5) is 7.28. The minimum atomic E-state index is 0.785. The van der Waals surface area contributed by atoms with Crippen molar-refractivity contribution >= 4 is 0 Å². The van der Waals surface area contributed by atoms with Crippen molar-refractivity contribution in [2.45, 2.75) is 25.7 Å². The lowest BCUT2D eigenvalue weighted by Crippen LogP contribution is -2.47. The molecule has 0 aromatic carbocycles. The third kappa shape index (κ3) is 14.1. The first-order valence-corrected chi connectivity index (χ1v) is 9.61. The molecule has 7 heteroatoms. The quantitative estimate of drug-likeness (QED) is 0.356. The fourth-order valence-electron chi connectivity index (χ4n) is 2.70. The molecule has 0 radical (unpaired) electrons. The summed E-state index contributed by atoms with van der Waals surface area (Å²) in [7, 11) is 2.10. The van der Waals surface area contributed by atoms with Crippen LogP contribution in [0.4, 0.5) is 0 Å². The minimum Gasteiger partial charge on any atom is -0.330 e. The molecule has 0 unspecified atom stereocenters. The predicted octanol–water partition coefficient (Wildman–Crippen LogP) is -1.08. The van der Waals surface area contributed by atoms with Gasteiger partial charge in [-0.25, -0.2) is 0 Å². The van der Waals surface area contributed by atoms with Crippen LogP contribution in [0.1, 0.15) is 25.7 Å². The van der Waals surface area contributed by atoms with Gasteiger partial charge in [0, 0.05) is 26.2 Å². The largest absolute Gasteiger partial charge is 0.330 e. The van der Waals surface area contributed by atoms with Crippen LogP contribution in [0, 0.1) is 0 Å². The van der Waals surface area contributed by atoms with Gasteiger partial charge >= 0.3 is 0 Å². The highest BCUT2D eigenvalue weighted by Gasteiger charge is 2.15. The second-order valence-electron chi connectivity index (χ2n) is 6.56. The van der Waals surface area contributed by atoms with Crippen molar-refractivity contribution < 1.29 is 0 Å². The number of hydrogen-bond donors (Lipinski definition) is 4. The summed E-state index contributed by atoms with van der Waals surface area (Å²) in [5.74, 6) is 0. The molecule has 0 atom stereocenters. The first kappa shape index (κ1) is 23.7. The van der Waals surface area contributed by atoms with Crippen LogP contribution >= 0.6 is 0 Å². The Labute approximate surface area is 149 Å². The Bertz CT molecular complexity index is 221. The lowest BCUT2D eigenvalue weighted by atomic mass is 10.2. The summed E-state index contributed by atoms with van der Waals surface area (Å²) in [5.41, 5.74) is 21.7. The van der Waals surface area contributed by atoms with E-state index in [1.807, 2.05) is 0 Å². The van der Waals surface area contributed by atoms with Crippen molar-refractivity contribution in [1.29, 1.82) is 0 Å². The fourth-order valence-corrected chi connectivity index (χ4v) is 2.70. The molecule has 0 aromatic heterocycles. The number of rotatable bonds is 12. The van der Waals surface area contributed by atoms with E-state index in [0.717, 1.165) is 65.0 Å². The van der Waals surface area contributed by atoms with Gasteiger partial charge in [-0.2, -0.15) is 0 Å². The average molecular weight is 346 g/mol. The maximum absolute atomic E-state index is 5.49. The maximum Gasteiger partial charge on any atom is 0.0110 e. The van der Waals surface area contributed by atoms with Crippen LogP contribution in [0.2, 0.25) is 0 Å². The lowest BCUT2D eigenvalue weighted by molar-refractivity contribution is 0.131. The van der Waals surface area contributed by atoms with Crippen LogP contribution in [0.5, 0.6) is 0 Å². The molecule has 0 bridgehead atoms. The molecule has 1 saturated heterocycles. The molecule has 7 nitrogen and oxygen atoms in total. The van der Waals surface area contributed by atoms with Crippen molar-refractivity contribution in [2.75, 3.05) is 85.6 Å². The van der Waals surface area contributed by atoms with Gasteiger partial charge in [-0.15, -0.1) is 0 Å². The van der Waals surface area contributed by atoms with E-state index in [4.69, 9.17) is 22.9 Å². The van der Waals surface area contributed by atoms with E-state index < -0.39 is 0 Å². The summed E-state index contributed by atoms with van der Waals surface area (Å²) in [5, 5.41) is 0. The van der Waals surface area contributed by atoms with Crippen molar-refractivity contribution in [3.05, 3.63) is 0 Å². The Hall–Kier alpha value is -0.280. The topological polar surface area (TPSA) is 114 Å². The highest BCUT2D eigenvalue weighted by molar-refractivity contribution is 4.71. The van der Waals surface area contributed by atoms with E-state index >= 15 is 0 Å². The molecule has 1 fully saturated rings. The van der Waals surface area contributed by atoms with Gasteiger partial charge < -0.3 is 37.6 Å². The van der Waals surface area contributed by atoms with Crippen molar-refractivity contribution in [3.63, 3.8) is 0 Å². The molecule has 1 heterocycles. The smallest absolute Gasteiger partial charge is 0.0110 e. The van der Waals surface area contributed by atoms with Gasteiger partial charge in [-0.05, 0) is 85.1 Å². The van der Waals surface area contributed by atoms with Gasteiger partial charge in [0.25, 0.3) is 0 Å². The molecule has 0 saturated carbocycles. The van der Waals surface area contributed by atoms with E-state index in [2.05, 4.69) is 21.7 Å². The molecule has 0 aliphatic carbocycles. The van der Waals surface area contributed by atoms with E-state index in [1.165, 1.54) is 39.3 Å². The van der Waals surface area contributed by atoms with Crippen molar-refractivity contribution in [2.24, 2.45) is 22.9 Å². The standard InChI is InChI=1S/C10H24N4.C7H19N3/c11-3-1-5-13-7-9-14(10-8-13)6-2-4-12;1-10(6-2-4-8)7-3-5-9/h1-12H2;2-9H2,1H3. The highest BCUT2D eigenvalue weighted by Crippen LogP contribution is 2.02. The molecule has 1 aliphatic rings. The molecular weight excluding hydrogens is 302 g/mol. The zero-order valence-electron chi connectivity index (χ0n) is 16.0. The molecular formula is C17H43N7. The zero-order valence-corrected chi connectivity index (χ0v) is 16.0. The Morgan fingerprint density at radius 2 is 0.958 bits per heavy atom. The van der Waals surface area contributed by atoms with Gasteiger partial charge in [0.05, 0.1) is 0 Å². The Morgan fingerprint density at radius 1 is 0.625 bits per heavy atom. The Kier molecular flexibility index (Phi) is 17.3. The first-order chi connectivity index (χ1) is 11.7. The predicted molar refractivity (Wildman–Crippen MR) is 105 cm³/mol. The molecule has 1 aliphatic heterocycles. The van der Waals surface area contributed by atoms with E-state index in [9.17, 15) is 0 Å². The van der Waals surface area contributed by atoms with E-state index in [0.29, 0.717) is 0 Å². The summed E-state index contributed by atoms with van der Waals surface area (Å²) < 4.78 is 0. The Morgan fingerprint density at radius 3 is 1.25 bits per heavy atom. The Balaban J connectivity index is 0.000000470. The van der Waals surface area contributed by atoms with Crippen LogP contribution in [-0.4, -0.2) is 100 Å². The third-order valence-corrected chi connectivity index (χ3v) is 4.31. The van der Waals surface area contributed by atoms with Crippen molar-refractivity contribution in [1.82, 2.24) is 14.7 Å². The van der Waals surface area contributed by atoms with Crippen LogP contribution in [0.15, 0.2) is 0 Å². The average Bonchev–Trinajstić information content (AvgIpc) is 2.62. The highest BCUT2D eigenvalue weighted by atomic mass is 15.3. The SMILES string of the molecule is CN(CCCN)CCCN.NCCCN1CCN(CCCN)CC1. The van der Waals surface area contributed by atoms with Gasteiger partial charge in [-0.3, -0.25) is 0 Å². The summed E-state index contributed by atoms with van der Waals surface area (Å²) in [6.45, 7) is 12.5. The lowest BCUT2D eigenvalue weighted by Gasteiger charge is -2.34. The van der Waals surface area contributed by atoms with E-state index in [1.54, 1.807) is 0 Å². The van der Waals surface area contributed by atoms with Gasteiger partial charge in [0.15, 0.2) is 0 Å². The maximum atomic E-state index is 5.49.